The average molecular weight is 326 g/mol. The van der Waals surface area contributed by atoms with E-state index in [9.17, 15) is 9.59 Å². The van der Waals surface area contributed by atoms with E-state index in [2.05, 4.69) is 0 Å². The van der Waals surface area contributed by atoms with Gasteiger partial charge in [0.2, 0.25) is 0 Å². The maximum absolute atomic E-state index is 11.8. The molecule has 0 amide bonds. The molecule has 0 spiro atoms. The summed E-state index contributed by atoms with van der Waals surface area (Å²) in [5.74, 6) is -0.566. The van der Waals surface area contributed by atoms with Crippen molar-refractivity contribution >= 4 is 20.7 Å². The molecule has 0 bridgehead atoms. The molecule has 0 radical (unpaired) electrons. The number of benzene rings is 1. The second-order valence-corrected chi connectivity index (χ2v) is 7.00. The lowest BCUT2D eigenvalue weighted by atomic mass is 10.3. The first kappa shape index (κ1) is 18.3. The van der Waals surface area contributed by atoms with E-state index in [0.717, 1.165) is 0 Å². The van der Waals surface area contributed by atoms with Crippen molar-refractivity contribution in [2.45, 2.75) is 33.2 Å². The molecule has 6 nitrogen and oxygen atoms in total. The molecule has 1 aromatic carbocycles. The molecular formula is C15H22O6Si. The molecule has 1 aromatic rings. The van der Waals surface area contributed by atoms with E-state index < -0.39 is 20.7 Å². The minimum absolute atomic E-state index is 0.0591. The summed E-state index contributed by atoms with van der Waals surface area (Å²) in [5, 5.41) is 0. The Morgan fingerprint density at radius 3 is 2.05 bits per heavy atom. The van der Waals surface area contributed by atoms with Crippen LogP contribution >= 0.6 is 0 Å². The van der Waals surface area contributed by atoms with Crippen LogP contribution in [0.25, 0.3) is 0 Å². The van der Waals surface area contributed by atoms with Gasteiger partial charge in [-0.15, -0.1) is 0 Å². The van der Waals surface area contributed by atoms with E-state index in [1.807, 2.05) is 6.07 Å². The van der Waals surface area contributed by atoms with Crippen LogP contribution < -0.4 is 4.74 Å². The predicted molar refractivity (Wildman–Crippen MR) is 82.3 cm³/mol. The molecule has 0 saturated heterocycles. The van der Waals surface area contributed by atoms with E-state index in [1.54, 1.807) is 44.7 Å². The number of hydrogen-bond donors (Lipinski definition) is 0. The zero-order chi connectivity index (χ0) is 16.4. The Hall–Kier alpha value is -1.70. The van der Waals surface area contributed by atoms with Gasteiger partial charge in [-0.3, -0.25) is 9.59 Å². The van der Waals surface area contributed by atoms with Crippen LogP contribution in [0.5, 0.6) is 5.75 Å². The number of carbonyl (C=O) groups is 2. The molecule has 0 N–H and O–H groups in total. The third kappa shape index (κ3) is 6.84. The summed E-state index contributed by atoms with van der Waals surface area (Å²) in [6, 6.07) is 8.69. The highest BCUT2D eigenvalue weighted by Crippen LogP contribution is 2.13. The van der Waals surface area contributed by atoms with Crippen molar-refractivity contribution in [2.75, 3.05) is 13.2 Å². The van der Waals surface area contributed by atoms with Gasteiger partial charge in [0.05, 0.1) is 12.8 Å². The first-order valence-corrected chi connectivity index (χ1v) is 9.47. The Balaban J connectivity index is 2.40. The van der Waals surface area contributed by atoms with Gasteiger partial charge in [-0.2, -0.15) is 0 Å². The largest absolute Gasteiger partial charge is 0.564 e. The van der Waals surface area contributed by atoms with E-state index in [4.69, 9.17) is 18.0 Å². The Kier molecular flexibility index (Phi) is 7.79. The second kappa shape index (κ2) is 9.34. The number of rotatable bonds is 9. The molecule has 22 heavy (non-hydrogen) atoms. The summed E-state index contributed by atoms with van der Waals surface area (Å²) in [7, 11) is -2.96. The third-order valence-electron chi connectivity index (χ3n) is 2.62. The summed E-state index contributed by atoms with van der Waals surface area (Å²) in [6.45, 7) is 6.04. The molecule has 0 aliphatic rings. The predicted octanol–water partition coefficient (Wildman–Crippen LogP) is 2.56. The van der Waals surface area contributed by atoms with Gasteiger partial charge in [0.25, 0.3) is 5.97 Å². The lowest BCUT2D eigenvalue weighted by molar-refractivity contribution is -0.143. The van der Waals surface area contributed by atoms with E-state index in [0.29, 0.717) is 19.0 Å². The van der Waals surface area contributed by atoms with Crippen LogP contribution in [0, 0.1) is 0 Å². The smallest absolute Gasteiger partial charge is 0.473 e. The van der Waals surface area contributed by atoms with Crippen molar-refractivity contribution in [1.82, 2.24) is 0 Å². The lowest BCUT2D eigenvalue weighted by Gasteiger charge is -2.24. The van der Waals surface area contributed by atoms with Crippen molar-refractivity contribution in [3.05, 3.63) is 30.3 Å². The Bertz CT molecular complexity index is 470. The molecule has 0 saturated carbocycles. The van der Waals surface area contributed by atoms with Crippen molar-refractivity contribution in [3.63, 3.8) is 0 Å². The van der Waals surface area contributed by atoms with Gasteiger partial charge >= 0.3 is 14.8 Å². The van der Waals surface area contributed by atoms with Crippen molar-refractivity contribution < 1.29 is 27.6 Å². The maximum atomic E-state index is 11.8. The zero-order valence-electron chi connectivity index (χ0n) is 13.2. The fraction of sp³-hybridized carbons (Fsp3) is 0.467. The maximum Gasteiger partial charge on any atom is 0.564 e. The van der Waals surface area contributed by atoms with Crippen LogP contribution in [0.15, 0.2) is 30.3 Å². The SMILES string of the molecule is CCO[Si](C)(OCC)OC(=O)CCC(=O)Oc1ccccc1. The molecular weight excluding hydrogens is 304 g/mol. The summed E-state index contributed by atoms with van der Waals surface area (Å²) in [4.78, 5) is 23.5. The van der Waals surface area contributed by atoms with E-state index >= 15 is 0 Å². The van der Waals surface area contributed by atoms with Crippen LogP contribution in [0.3, 0.4) is 0 Å². The summed E-state index contributed by atoms with van der Waals surface area (Å²) in [6.07, 6.45) is -0.134. The Labute approximate surface area is 131 Å². The van der Waals surface area contributed by atoms with Gasteiger partial charge in [-0.1, -0.05) is 18.2 Å². The topological polar surface area (TPSA) is 71.1 Å². The van der Waals surface area contributed by atoms with Gasteiger partial charge in [0.1, 0.15) is 5.75 Å². The fourth-order valence-corrected chi connectivity index (χ4v) is 3.52. The first-order chi connectivity index (χ1) is 10.5. The Morgan fingerprint density at radius 2 is 1.50 bits per heavy atom. The van der Waals surface area contributed by atoms with Gasteiger partial charge in [-0.25, -0.2) is 0 Å². The molecule has 0 aromatic heterocycles. The van der Waals surface area contributed by atoms with Gasteiger partial charge in [0, 0.05) is 19.8 Å². The quantitative estimate of drug-likeness (QED) is 0.394. The van der Waals surface area contributed by atoms with Crippen LogP contribution in [0.4, 0.5) is 0 Å². The molecule has 1 rings (SSSR count). The monoisotopic (exact) mass is 326 g/mol. The minimum atomic E-state index is -2.96. The highest BCUT2D eigenvalue weighted by molar-refractivity contribution is 6.60. The molecule has 122 valence electrons. The van der Waals surface area contributed by atoms with Crippen molar-refractivity contribution in [1.29, 1.82) is 0 Å². The molecule has 0 atom stereocenters. The number of esters is 1. The molecule has 0 heterocycles. The second-order valence-electron chi connectivity index (χ2n) is 4.49. The van der Waals surface area contributed by atoms with E-state index in [-0.39, 0.29) is 12.8 Å². The number of carbonyl (C=O) groups excluding carboxylic acids is 2. The van der Waals surface area contributed by atoms with Crippen molar-refractivity contribution in [2.24, 2.45) is 0 Å². The minimum Gasteiger partial charge on any atom is -0.473 e. The van der Waals surface area contributed by atoms with E-state index in [1.165, 1.54) is 0 Å². The average Bonchev–Trinajstić information content (AvgIpc) is 2.46. The molecule has 0 aliphatic carbocycles. The highest BCUT2D eigenvalue weighted by atomic mass is 28.4. The van der Waals surface area contributed by atoms with Crippen molar-refractivity contribution in [3.8, 4) is 5.75 Å². The summed E-state index contributed by atoms with van der Waals surface area (Å²) >= 11 is 0. The summed E-state index contributed by atoms with van der Waals surface area (Å²) < 4.78 is 21.2. The van der Waals surface area contributed by atoms with Crippen LogP contribution in [0.2, 0.25) is 6.55 Å². The zero-order valence-corrected chi connectivity index (χ0v) is 14.2. The number of hydrogen-bond acceptors (Lipinski definition) is 6. The first-order valence-electron chi connectivity index (χ1n) is 7.24. The molecule has 0 fully saturated rings. The number of ether oxygens (including phenoxy) is 1. The van der Waals surface area contributed by atoms with Gasteiger partial charge < -0.3 is 18.0 Å². The fourth-order valence-electron chi connectivity index (χ4n) is 1.76. The highest BCUT2D eigenvalue weighted by Gasteiger charge is 2.38. The third-order valence-corrected chi connectivity index (χ3v) is 4.84. The van der Waals surface area contributed by atoms with Crippen LogP contribution in [-0.4, -0.2) is 34.0 Å². The van der Waals surface area contributed by atoms with Crippen LogP contribution in [0.1, 0.15) is 26.7 Å². The molecule has 0 unspecified atom stereocenters. The molecule has 0 aliphatic heterocycles. The normalized spacial score (nSPS) is 11.0. The standard InChI is InChI=1S/C15H22O6Si/c1-4-18-22(3,19-5-2)21-15(17)12-11-14(16)20-13-9-7-6-8-10-13/h6-10H,4-5,11-12H2,1-3H3. The summed E-state index contributed by atoms with van der Waals surface area (Å²) in [5.41, 5.74) is 0. The van der Waals surface area contributed by atoms with Crippen LogP contribution in [-0.2, 0) is 22.9 Å². The lowest BCUT2D eigenvalue weighted by Crippen LogP contribution is -2.44. The number of para-hydroxylation sites is 1. The molecule has 7 heteroatoms. The van der Waals surface area contributed by atoms with Gasteiger partial charge in [0.15, 0.2) is 0 Å². The Morgan fingerprint density at radius 1 is 0.955 bits per heavy atom. The van der Waals surface area contributed by atoms with Gasteiger partial charge in [-0.05, 0) is 26.0 Å².